The summed E-state index contributed by atoms with van der Waals surface area (Å²) in [6.07, 6.45) is 3.40. The number of aryl methyl sites for hydroxylation is 1. The zero-order valence-corrected chi connectivity index (χ0v) is 20.9. The van der Waals surface area contributed by atoms with Crippen LogP contribution >= 0.6 is 11.8 Å². The number of unbranched alkanes of at least 4 members (excludes halogenated alkanes) is 1. The molecular weight excluding hydrogens is 452 g/mol. The van der Waals surface area contributed by atoms with Gasteiger partial charge in [0.25, 0.3) is 0 Å². The highest BCUT2D eigenvalue weighted by atomic mass is 32.2. The van der Waals surface area contributed by atoms with Crippen molar-refractivity contribution >= 4 is 17.7 Å². The van der Waals surface area contributed by atoms with Crippen molar-refractivity contribution < 1.29 is 4.79 Å². The van der Waals surface area contributed by atoms with Crippen molar-refractivity contribution in [2.45, 2.75) is 44.3 Å². The molecule has 0 saturated carbocycles. The van der Waals surface area contributed by atoms with E-state index in [0.29, 0.717) is 6.42 Å². The lowest BCUT2D eigenvalue weighted by molar-refractivity contribution is -0.132. The van der Waals surface area contributed by atoms with Crippen LogP contribution in [-0.2, 0) is 17.8 Å². The Bertz CT molecular complexity index is 1280. The lowest BCUT2D eigenvalue weighted by atomic mass is 9.99. The van der Waals surface area contributed by atoms with Crippen LogP contribution in [0.25, 0.3) is 17.1 Å². The van der Waals surface area contributed by atoms with Gasteiger partial charge in [0.15, 0.2) is 11.0 Å². The monoisotopic (exact) mass is 482 g/mol. The Hall–Kier alpha value is -3.38. The van der Waals surface area contributed by atoms with Crippen molar-refractivity contribution in [1.82, 2.24) is 19.7 Å². The fourth-order valence-corrected chi connectivity index (χ4v) is 5.42. The van der Waals surface area contributed by atoms with Crippen molar-refractivity contribution in [3.63, 3.8) is 0 Å². The molecule has 1 aliphatic heterocycles. The van der Waals surface area contributed by atoms with Gasteiger partial charge in [0, 0.05) is 36.5 Å². The van der Waals surface area contributed by atoms with Gasteiger partial charge in [-0.15, -0.1) is 10.2 Å². The topological polar surface area (TPSA) is 51.0 Å². The first-order chi connectivity index (χ1) is 17.2. The molecule has 1 amide bonds. The third-order valence-electron chi connectivity index (χ3n) is 6.46. The number of fused-ring (bicyclic) bond motifs is 1. The van der Waals surface area contributed by atoms with Gasteiger partial charge in [0.1, 0.15) is 0 Å². The second-order valence-electron chi connectivity index (χ2n) is 8.98. The minimum absolute atomic E-state index is 0.263. The summed E-state index contributed by atoms with van der Waals surface area (Å²) >= 11 is 1.70. The molecule has 0 spiro atoms. The Morgan fingerprint density at radius 3 is 2.43 bits per heavy atom. The van der Waals surface area contributed by atoms with E-state index in [-0.39, 0.29) is 5.91 Å². The van der Waals surface area contributed by atoms with Crippen LogP contribution < -0.4 is 0 Å². The molecule has 0 N–H and O–H groups in total. The highest BCUT2D eigenvalue weighted by molar-refractivity contribution is 7.99. The molecule has 5 rings (SSSR count). The lowest BCUT2D eigenvalue weighted by Gasteiger charge is -2.29. The lowest BCUT2D eigenvalue weighted by Crippen LogP contribution is -2.35. The molecule has 1 aliphatic rings. The molecule has 3 aromatic carbocycles. The second-order valence-corrected chi connectivity index (χ2v) is 10.0. The quantitative estimate of drug-likeness (QED) is 0.225. The molecule has 178 valence electrons. The number of amides is 1. The Morgan fingerprint density at radius 2 is 1.63 bits per heavy atom. The second kappa shape index (κ2) is 10.9. The molecule has 0 radical (unpaired) electrons. The van der Waals surface area contributed by atoms with Gasteiger partial charge in [-0.05, 0) is 49.4 Å². The first kappa shape index (κ1) is 23.4. The Labute approximate surface area is 211 Å². The van der Waals surface area contributed by atoms with E-state index in [1.807, 2.05) is 23.1 Å². The highest BCUT2D eigenvalue weighted by Crippen LogP contribution is 2.29. The van der Waals surface area contributed by atoms with E-state index in [1.165, 1.54) is 16.7 Å². The van der Waals surface area contributed by atoms with Crippen LogP contribution in [0.5, 0.6) is 0 Å². The normalized spacial score (nSPS) is 13.0. The number of aromatic nitrogens is 3. The van der Waals surface area contributed by atoms with Gasteiger partial charge in [-0.25, -0.2) is 0 Å². The fourth-order valence-electron chi connectivity index (χ4n) is 4.47. The van der Waals surface area contributed by atoms with Crippen molar-refractivity contribution in [3.8, 4) is 17.1 Å². The number of nitrogens with zero attached hydrogens (tertiary/aromatic N) is 4. The summed E-state index contributed by atoms with van der Waals surface area (Å²) in [7, 11) is 0. The van der Waals surface area contributed by atoms with Gasteiger partial charge in [0.05, 0.1) is 0 Å². The summed E-state index contributed by atoms with van der Waals surface area (Å²) in [4.78, 5) is 14.8. The van der Waals surface area contributed by atoms with E-state index in [1.54, 1.807) is 11.8 Å². The van der Waals surface area contributed by atoms with Gasteiger partial charge in [-0.1, -0.05) is 84.1 Å². The Morgan fingerprint density at radius 1 is 0.886 bits per heavy atom. The smallest absolute Gasteiger partial charge is 0.222 e. The van der Waals surface area contributed by atoms with Gasteiger partial charge >= 0.3 is 0 Å². The maximum atomic E-state index is 12.8. The minimum Gasteiger partial charge on any atom is -0.338 e. The maximum absolute atomic E-state index is 12.8. The molecule has 6 heteroatoms. The molecule has 0 unspecified atom stereocenters. The molecule has 4 aromatic rings. The van der Waals surface area contributed by atoms with Gasteiger partial charge in [-0.2, -0.15) is 0 Å². The summed E-state index contributed by atoms with van der Waals surface area (Å²) in [5.41, 5.74) is 5.98. The van der Waals surface area contributed by atoms with Gasteiger partial charge in [-0.3, -0.25) is 9.36 Å². The molecule has 35 heavy (non-hydrogen) atoms. The molecule has 1 aromatic heterocycles. The van der Waals surface area contributed by atoms with Gasteiger partial charge < -0.3 is 4.90 Å². The van der Waals surface area contributed by atoms with E-state index in [4.69, 9.17) is 0 Å². The Kier molecular flexibility index (Phi) is 7.28. The van der Waals surface area contributed by atoms with Crippen LogP contribution in [0.2, 0.25) is 0 Å². The van der Waals surface area contributed by atoms with Gasteiger partial charge in [0.2, 0.25) is 5.91 Å². The molecule has 0 fully saturated rings. The van der Waals surface area contributed by atoms with E-state index in [9.17, 15) is 4.79 Å². The van der Waals surface area contributed by atoms with Crippen molar-refractivity contribution in [1.29, 1.82) is 0 Å². The number of carbonyl (C=O) groups excluding carboxylic acids is 1. The molecule has 2 heterocycles. The predicted molar refractivity (Wildman–Crippen MR) is 142 cm³/mol. The van der Waals surface area contributed by atoms with E-state index < -0.39 is 0 Å². The average Bonchev–Trinajstić information content (AvgIpc) is 3.33. The number of rotatable bonds is 8. The average molecular weight is 483 g/mol. The number of thioether (sulfide) groups is 1. The number of para-hydroxylation sites is 1. The number of benzene rings is 3. The van der Waals surface area contributed by atoms with Crippen LogP contribution in [0.15, 0.2) is 84.0 Å². The molecule has 0 atom stereocenters. The van der Waals surface area contributed by atoms with Crippen molar-refractivity contribution in [2.75, 3.05) is 12.3 Å². The molecule has 5 nitrogen and oxygen atoms in total. The molecule has 0 bridgehead atoms. The van der Waals surface area contributed by atoms with Crippen LogP contribution in [0.1, 0.15) is 36.0 Å². The summed E-state index contributed by atoms with van der Waals surface area (Å²) in [5, 5.41) is 9.93. The molecular formula is C29H30N4OS. The SMILES string of the molecule is Cc1ccc(-c2nnc(SCCCCC(=O)N3CCc4ccccc4C3)n2-c2ccccc2)cc1. The fraction of sp³-hybridized carbons (Fsp3) is 0.276. The Balaban J connectivity index is 1.19. The minimum atomic E-state index is 0.263. The van der Waals surface area contributed by atoms with E-state index in [2.05, 4.69) is 82.4 Å². The van der Waals surface area contributed by atoms with Crippen LogP contribution in [-0.4, -0.2) is 37.9 Å². The molecule has 0 aliphatic carbocycles. The van der Waals surface area contributed by atoms with Crippen LogP contribution in [0.3, 0.4) is 0 Å². The summed E-state index contributed by atoms with van der Waals surface area (Å²) in [5.74, 6) is 2.01. The standard InChI is InChI=1S/C29H30N4OS/c1-22-14-16-24(17-15-22)28-30-31-29(33(28)26-11-3-2-4-12-26)35-20-8-7-13-27(34)32-19-18-23-9-5-6-10-25(23)21-32/h2-6,9-12,14-17H,7-8,13,18-21H2,1H3. The van der Waals surface area contributed by atoms with E-state index in [0.717, 1.165) is 60.3 Å². The first-order valence-electron chi connectivity index (χ1n) is 12.2. The zero-order chi connectivity index (χ0) is 24.0. The largest absolute Gasteiger partial charge is 0.338 e. The maximum Gasteiger partial charge on any atom is 0.222 e. The van der Waals surface area contributed by atoms with Crippen molar-refractivity contribution in [3.05, 3.63) is 95.6 Å². The zero-order valence-electron chi connectivity index (χ0n) is 20.1. The van der Waals surface area contributed by atoms with Crippen molar-refractivity contribution in [2.24, 2.45) is 0 Å². The molecule has 0 saturated heterocycles. The first-order valence-corrected chi connectivity index (χ1v) is 13.2. The third-order valence-corrected chi connectivity index (χ3v) is 7.47. The summed E-state index contributed by atoms with van der Waals surface area (Å²) < 4.78 is 2.13. The highest BCUT2D eigenvalue weighted by Gasteiger charge is 2.20. The summed E-state index contributed by atoms with van der Waals surface area (Å²) in [6.45, 7) is 3.65. The number of hydrogen-bond donors (Lipinski definition) is 0. The third kappa shape index (κ3) is 5.49. The number of carbonyl (C=O) groups is 1. The number of hydrogen-bond acceptors (Lipinski definition) is 4. The van der Waals surface area contributed by atoms with Crippen LogP contribution in [0.4, 0.5) is 0 Å². The summed E-state index contributed by atoms with van der Waals surface area (Å²) in [6, 6.07) is 27.1. The van der Waals surface area contributed by atoms with Crippen LogP contribution in [0, 0.1) is 6.92 Å². The van der Waals surface area contributed by atoms with E-state index >= 15 is 0 Å². The predicted octanol–water partition coefficient (Wildman–Crippen LogP) is 6.09.